The van der Waals surface area contributed by atoms with Crippen LogP contribution in [-0.4, -0.2) is 235 Å². The van der Waals surface area contributed by atoms with E-state index in [4.69, 9.17) is 0 Å². The van der Waals surface area contributed by atoms with Crippen molar-refractivity contribution < 1.29 is 63.6 Å². The highest BCUT2D eigenvalue weighted by atomic mass is 32.2. The number of carboxylic acids is 4. The molecule has 4 aliphatic rings. The van der Waals surface area contributed by atoms with Crippen LogP contribution >= 0.6 is 23.5 Å². The average Bonchev–Trinajstić information content (AvgIpc) is 3.54. The van der Waals surface area contributed by atoms with Gasteiger partial charge in [-0.05, 0) is 12.8 Å². The lowest BCUT2D eigenvalue weighted by Gasteiger charge is -2.36. The zero-order valence-electron chi connectivity index (χ0n) is 36.4. The number of nitrogens with zero attached hydrogens (tertiary/aromatic N) is 7. The van der Waals surface area contributed by atoms with Crippen molar-refractivity contribution in [3.8, 4) is 0 Å². The summed E-state index contributed by atoms with van der Waals surface area (Å²) in [5.74, 6) is -8.53. The fourth-order valence-corrected chi connectivity index (χ4v) is 10.4. The molecular weight excluding hydrogens is 895 g/mol. The van der Waals surface area contributed by atoms with E-state index in [-0.39, 0.29) is 110 Å². The molecule has 1 aromatic rings. The van der Waals surface area contributed by atoms with Crippen LogP contribution in [0.5, 0.6) is 0 Å². The average molecular weight is 954 g/mol. The number of nitrogens with one attached hydrogen (secondary N) is 4. The van der Waals surface area contributed by atoms with Crippen LogP contribution in [0.2, 0.25) is 0 Å². The molecular formula is C39H59N11O13S2. The van der Waals surface area contributed by atoms with Gasteiger partial charge in [0.1, 0.15) is 12.1 Å². The first-order valence-electron chi connectivity index (χ1n) is 21.2. The van der Waals surface area contributed by atoms with E-state index in [0.717, 1.165) is 4.90 Å². The van der Waals surface area contributed by atoms with Crippen LogP contribution in [0.4, 0.5) is 0 Å². The maximum Gasteiger partial charge on any atom is 0.328 e. The molecule has 0 aliphatic carbocycles. The molecule has 65 heavy (non-hydrogen) atoms. The van der Waals surface area contributed by atoms with Crippen LogP contribution in [0, 0.1) is 5.92 Å². The Kier molecular flexibility index (Phi) is 20.8. The number of rotatable bonds is 15. The van der Waals surface area contributed by atoms with Gasteiger partial charge in [0.05, 0.1) is 37.7 Å². The highest BCUT2D eigenvalue weighted by molar-refractivity contribution is 8.16. The number of carbonyl (C=O) groups is 9. The van der Waals surface area contributed by atoms with E-state index < -0.39 is 82.7 Å². The molecule has 4 bridgehead atoms. The zero-order chi connectivity index (χ0) is 47.7. The summed E-state index contributed by atoms with van der Waals surface area (Å²) >= 11 is 2.76. The smallest absolute Gasteiger partial charge is 0.328 e. The Morgan fingerprint density at radius 1 is 0.738 bits per heavy atom. The Morgan fingerprint density at radius 3 is 1.71 bits per heavy atom. The van der Waals surface area contributed by atoms with Crippen molar-refractivity contribution in [1.29, 1.82) is 0 Å². The lowest BCUT2D eigenvalue weighted by atomic mass is 9.85. The highest BCUT2D eigenvalue weighted by Gasteiger charge is 2.53. The number of amides is 5. The van der Waals surface area contributed by atoms with Gasteiger partial charge in [-0.1, -0.05) is 25.6 Å². The van der Waals surface area contributed by atoms with E-state index in [1.807, 2.05) is 13.8 Å². The molecule has 2 fully saturated rings. The molecule has 0 aromatic carbocycles. The molecule has 26 heteroatoms. The van der Waals surface area contributed by atoms with E-state index >= 15 is 0 Å². The summed E-state index contributed by atoms with van der Waals surface area (Å²) in [5.41, 5.74) is 0.0486. The number of hydrogen-bond donors (Lipinski definition) is 8. The van der Waals surface area contributed by atoms with Crippen molar-refractivity contribution in [2.45, 2.75) is 55.1 Å². The Labute approximate surface area is 384 Å². The fraction of sp³-hybridized carbons (Fsp3) is 0.667. The van der Waals surface area contributed by atoms with Gasteiger partial charge in [-0.25, -0.2) is 14.8 Å². The molecule has 4 aliphatic heterocycles. The van der Waals surface area contributed by atoms with Gasteiger partial charge in [0, 0.05) is 107 Å². The van der Waals surface area contributed by atoms with Gasteiger partial charge in [-0.15, -0.1) is 11.8 Å². The Balaban J connectivity index is 1.41. The molecule has 1 aromatic heterocycles. The standard InChI is InChI=1S/C39H59N11O13S2/c1-3-39(4-2)26-15-30(52)50(36(26)61)28(37(62)63)19-40-18-27(45-34(59)25-16-43-38(44-17-25)64-24-65-39)35(60)42-6-5-41-29(51)20-46-7-9-47(21-31(53)54)11-13-49(23-33(57)58)14-12-48(10-8-46)22-32(55)56/h16-17,26-28,40H,3-15,18-24H2,1-2H3,(H,41,51)(H,42,60)(H,45,59)(H,53,54)(H,55,56)(H,57,58)(H,62,63)/t26?,27-,28-/m0/s1. The van der Waals surface area contributed by atoms with Crippen molar-refractivity contribution >= 4 is 76.9 Å². The number of aliphatic carboxylic acids is 4. The highest BCUT2D eigenvalue weighted by Crippen LogP contribution is 2.46. The van der Waals surface area contributed by atoms with Crippen molar-refractivity contribution in [1.82, 2.24) is 55.7 Å². The third-order valence-corrected chi connectivity index (χ3v) is 14.3. The molecule has 8 N–H and O–H groups in total. The van der Waals surface area contributed by atoms with E-state index in [1.165, 1.54) is 35.9 Å². The van der Waals surface area contributed by atoms with Gasteiger partial charge in [-0.2, -0.15) is 0 Å². The second kappa shape index (κ2) is 25.6. The van der Waals surface area contributed by atoms with Crippen LogP contribution < -0.4 is 21.3 Å². The summed E-state index contributed by atoms with van der Waals surface area (Å²) in [6.07, 6.45) is 3.52. The SMILES string of the molecule is CCC1(CC)SCSc2ncc(cn2)C(=O)N[C@H](C(=O)NCCNC(=O)CN2CCN(CC(=O)O)CCN(CC(=O)O)CCN(CC(=O)O)CC2)CNC[C@@H](C(=O)O)N2C(=O)CC1C2=O. The van der Waals surface area contributed by atoms with Crippen LogP contribution in [0.15, 0.2) is 17.6 Å². The van der Waals surface area contributed by atoms with Gasteiger partial charge >= 0.3 is 23.9 Å². The molecule has 360 valence electrons. The first-order valence-corrected chi connectivity index (χ1v) is 23.2. The Morgan fingerprint density at radius 2 is 1.23 bits per heavy atom. The molecule has 1 unspecified atom stereocenters. The minimum absolute atomic E-state index is 0.0486. The second-order valence-corrected chi connectivity index (χ2v) is 18.5. The molecule has 0 saturated carbocycles. The summed E-state index contributed by atoms with van der Waals surface area (Å²) in [6.45, 7) is 3.52. The largest absolute Gasteiger partial charge is 0.480 e. The van der Waals surface area contributed by atoms with Gasteiger partial charge in [0.25, 0.3) is 5.91 Å². The zero-order valence-corrected chi connectivity index (χ0v) is 38.1. The summed E-state index contributed by atoms with van der Waals surface area (Å²) in [7, 11) is 0. The quantitative estimate of drug-likeness (QED) is 0.0495. The summed E-state index contributed by atoms with van der Waals surface area (Å²) in [4.78, 5) is 130. The molecule has 24 nitrogen and oxygen atoms in total. The van der Waals surface area contributed by atoms with Crippen LogP contribution in [0.3, 0.4) is 0 Å². The van der Waals surface area contributed by atoms with Crippen LogP contribution in [-0.2, 0) is 38.4 Å². The number of carboxylic acid groups (broad SMARTS) is 4. The number of imide groups is 1. The lowest BCUT2D eigenvalue weighted by Crippen LogP contribution is -2.56. The molecule has 2 saturated heterocycles. The minimum atomic E-state index is -1.59. The normalized spacial score (nSPS) is 22.7. The van der Waals surface area contributed by atoms with E-state index in [1.54, 1.807) is 19.6 Å². The number of hydrogen-bond acceptors (Lipinski definition) is 18. The molecule has 5 rings (SSSR count). The summed E-state index contributed by atoms with van der Waals surface area (Å²) in [5, 5.41) is 50.1. The molecule has 0 spiro atoms. The van der Waals surface area contributed by atoms with Crippen LogP contribution in [0.25, 0.3) is 0 Å². The van der Waals surface area contributed by atoms with Crippen molar-refractivity contribution in [3.05, 3.63) is 18.0 Å². The molecule has 5 heterocycles. The molecule has 0 radical (unpaired) electrons. The maximum absolute atomic E-state index is 13.8. The van der Waals surface area contributed by atoms with E-state index in [2.05, 4.69) is 31.2 Å². The van der Waals surface area contributed by atoms with Crippen molar-refractivity contribution in [2.75, 3.05) is 110 Å². The van der Waals surface area contributed by atoms with Gasteiger partial charge in [0.15, 0.2) is 5.16 Å². The first-order chi connectivity index (χ1) is 30.9. The predicted molar refractivity (Wildman–Crippen MR) is 234 cm³/mol. The van der Waals surface area contributed by atoms with Gasteiger partial charge in [0.2, 0.25) is 23.6 Å². The lowest BCUT2D eigenvalue weighted by molar-refractivity contribution is -0.154. The third-order valence-electron chi connectivity index (χ3n) is 11.5. The Bertz CT molecular complexity index is 1850. The summed E-state index contributed by atoms with van der Waals surface area (Å²) < 4.78 is -0.671. The molecule has 3 atom stereocenters. The monoisotopic (exact) mass is 953 g/mol. The predicted octanol–water partition coefficient (Wildman–Crippen LogP) is -2.94. The van der Waals surface area contributed by atoms with Crippen molar-refractivity contribution in [3.63, 3.8) is 0 Å². The maximum atomic E-state index is 13.8. The van der Waals surface area contributed by atoms with Gasteiger partial charge in [-0.3, -0.25) is 62.9 Å². The number of aromatic nitrogens is 2. The topological polar surface area (TPSA) is 325 Å². The van der Waals surface area contributed by atoms with Gasteiger partial charge < -0.3 is 41.7 Å². The summed E-state index contributed by atoms with van der Waals surface area (Å²) in [6, 6.07) is -2.91. The fourth-order valence-electron chi connectivity index (χ4n) is 7.80. The first kappa shape index (κ1) is 52.6. The number of carbonyl (C=O) groups excluding carboxylic acids is 5. The number of thioether (sulfide) groups is 2. The Hall–Kier alpha value is -4.99. The van der Waals surface area contributed by atoms with E-state index in [0.29, 0.717) is 23.1 Å². The minimum Gasteiger partial charge on any atom is -0.480 e. The number of fused-ring (bicyclic) bond motifs is 11. The third kappa shape index (κ3) is 16.1. The second-order valence-electron chi connectivity index (χ2n) is 15.8. The van der Waals surface area contributed by atoms with Crippen molar-refractivity contribution in [2.24, 2.45) is 5.92 Å². The van der Waals surface area contributed by atoms with Crippen LogP contribution in [0.1, 0.15) is 43.5 Å². The van der Waals surface area contributed by atoms with E-state index in [9.17, 15) is 63.6 Å². The molecule has 5 amide bonds.